The molecule has 0 aliphatic heterocycles. The molecule has 0 radical (unpaired) electrons. The van der Waals surface area contributed by atoms with Gasteiger partial charge in [-0.15, -0.1) is 0 Å². The van der Waals surface area contributed by atoms with Crippen LogP contribution >= 0.6 is 0 Å². The second-order valence-corrected chi connectivity index (χ2v) is 6.63. The molecule has 0 atom stereocenters. The number of nitrogens with zero attached hydrogens (tertiary/aromatic N) is 3. The maximum atomic E-state index is 9.79. The number of imidazole rings is 1. The van der Waals surface area contributed by atoms with Gasteiger partial charge in [-0.05, 0) is 61.4 Å². The Morgan fingerprint density at radius 3 is 2.61 bits per heavy atom. The fraction of sp³-hybridized carbons (Fsp3) is 0.217. The van der Waals surface area contributed by atoms with Crippen molar-refractivity contribution >= 4 is 28.2 Å². The second-order valence-electron chi connectivity index (χ2n) is 6.63. The molecule has 2 heterocycles. The zero-order valence-corrected chi connectivity index (χ0v) is 16.1. The van der Waals surface area contributed by atoms with E-state index in [1.807, 2.05) is 59.9 Å². The zero-order chi connectivity index (χ0) is 19.5. The lowest BCUT2D eigenvalue weighted by molar-refractivity contribution is 0.340. The van der Waals surface area contributed by atoms with E-state index in [-0.39, 0.29) is 0 Å². The number of anilines is 2. The van der Waals surface area contributed by atoms with Crippen molar-refractivity contribution < 1.29 is 4.74 Å². The number of ether oxygens (including phenoxy) is 1. The Bertz CT molecular complexity index is 1170. The molecule has 4 aromatic rings. The summed E-state index contributed by atoms with van der Waals surface area (Å²) in [5, 5.41) is 13.3. The highest BCUT2D eigenvalue weighted by molar-refractivity contribution is 5.85. The molecule has 4 rings (SSSR count). The molecule has 0 fully saturated rings. The van der Waals surface area contributed by atoms with Crippen LogP contribution < -0.4 is 10.1 Å². The summed E-state index contributed by atoms with van der Waals surface area (Å²) < 4.78 is 7.56. The van der Waals surface area contributed by atoms with Crippen molar-refractivity contribution in [2.75, 3.05) is 11.9 Å². The highest BCUT2D eigenvalue weighted by Gasteiger charge is 2.16. The van der Waals surface area contributed by atoms with Gasteiger partial charge in [0.25, 0.3) is 0 Å². The summed E-state index contributed by atoms with van der Waals surface area (Å²) in [6.45, 7) is 4.73. The van der Waals surface area contributed by atoms with Crippen molar-refractivity contribution in [2.24, 2.45) is 0 Å². The summed E-state index contributed by atoms with van der Waals surface area (Å²) in [7, 11) is 0. The van der Waals surface area contributed by atoms with E-state index in [1.165, 1.54) is 0 Å². The Morgan fingerprint density at radius 2 is 1.89 bits per heavy atom. The summed E-state index contributed by atoms with van der Waals surface area (Å²) in [5.41, 5.74) is 5.17. The second kappa shape index (κ2) is 7.61. The van der Waals surface area contributed by atoms with Crippen LogP contribution in [0.2, 0.25) is 0 Å². The van der Waals surface area contributed by atoms with Gasteiger partial charge in [0.05, 0.1) is 23.2 Å². The number of hydrogen-bond donors (Lipinski definition) is 1. The molecule has 140 valence electrons. The Labute approximate surface area is 164 Å². The molecular weight excluding hydrogens is 348 g/mol. The molecule has 0 unspecified atom stereocenters. The monoisotopic (exact) mass is 370 g/mol. The number of para-hydroxylation sites is 2. The van der Waals surface area contributed by atoms with E-state index in [4.69, 9.17) is 9.72 Å². The van der Waals surface area contributed by atoms with Crippen LogP contribution in [0.1, 0.15) is 31.4 Å². The van der Waals surface area contributed by atoms with E-state index >= 15 is 0 Å². The van der Waals surface area contributed by atoms with E-state index in [0.717, 1.165) is 46.7 Å². The van der Waals surface area contributed by atoms with E-state index in [9.17, 15) is 5.26 Å². The largest absolute Gasteiger partial charge is 0.494 e. The van der Waals surface area contributed by atoms with Crippen molar-refractivity contribution in [3.63, 3.8) is 0 Å². The summed E-state index contributed by atoms with van der Waals surface area (Å²) in [6, 6.07) is 20.3. The number of pyridine rings is 1. The van der Waals surface area contributed by atoms with Crippen LogP contribution in [-0.2, 0) is 6.42 Å². The zero-order valence-electron chi connectivity index (χ0n) is 16.1. The van der Waals surface area contributed by atoms with Gasteiger partial charge in [0.2, 0.25) is 0 Å². The Morgan fingerprint density at radius 1 is 1.11 bits per heavy atom. The molecule has 0 aliphatic rings. The lowest BCUT2D eigenvalue weighted by Crippen LogP contribution is -2.04. The molecule has 0 saturated carbocycles. The fourth-order valence-electron chi connectivity index (χ4n) is 3.51. The summed E-state index contributed by atoms with van der Waals surface area (Å²) in [6.07, 6.45) is 1.80. The Balaban J connectivity index is 1.89. The number of benzene rings is 2. The normalized spacial score (nSPS) is 10.9. The molecule has 2 aromatic carbocycles. The molecule has 28 heavy (non-hydrogen) atoms. The lowest BCUT2D eigenvalue weighted by atomic mass is 10.1. The molecule has 0 saturated heterocycles. The van der Waals surface area contributed by atoms with Crippen molar-refractivity contribution in [3.8, 4) is 11.8 Å². The molecule has 0 aliphatic carbocycles. The first-order valence-electron chi connectivity index (χ1n) is 9.58. The first kappa shape index (κ1) is 17.9. The highest BCUT2D eigenvalue weighted by Crippen LogP contribution is 2.30. The molecule has 0 bridgehead atoms. The van der Waals surface area contributed by atoms with Gasteiger partial charge in [0.1, 0.15) is 17.6 Å². The molecule has 0 amide bonds. The Hall–Kier alpha value is -3.52. The van der Waals surface area contributed by atoms with Gasteiger partial charge in [-0.3, -0.25) is 4.40 Å². The van der Waals surface area contributed by atoms with Gasteiger partial charge in [-0.1, -0.05) is 25.5 Å². The first-order chi connectivity index (χ1) is 13.7. The molecule has 0 spiro atoms. The SMILES string of the molecule is CCCc1cc(Nc2ccc(OCC)cc2)n2c(nc3ccccc32)c1C#N. The first-order valence-corrected chi connectivity index (χ1v) is 9.58. The topological polar surface area (TPSA) is 62.4 Å². The van der Waals surface area contributed by atoms with Gasteiger partial charge >= 0.3 is 0 Å². The summed E-state index contributed by atoms with van der Waals surface area (Å²) in [4.78, 5) is 4.75. The maximum Gasteiger partial charge on any atom is 0.157 e. The molecule has 5 heteroatoms. The Kier molecular flexibility index (Phi) is 4.86. The molecule has 2 aromatic heterocycles. The number of hydrogen-bond acceptors (Lipinski definition) is 4. The standard InChI is InChI=1S/C23H22N4O/c1-3-7-16-14-22(25-17-10-12-18(13-11-17)28-4-2)27-21-9-6-5-8-20(21)26-23(27)19(16)15-24/h5-6,8-14,25H,3-4,7H2,1-2H3. The summed E-state index contributed by atoms with van der Waals surface area (Å²) in [5.74, 6) is 1.74. The third kappa shape index (κ3) is 3.14. The average molecular weight is 370 g/mol. The average Bonchev–Trinajstić information content (AvgIpc) is 3.10. The van der Waals surface area contributed by atoms with Crippen LogP contribution in [0.5, 0.6) is 5.75 Å². The lowest BCUT2D eigenvalue weighted by Gasteiger charge is -2.14. The van der Waals surface area contributed by atoms with E-state index in [0.29, 0.717) is 17.8 Å². The molecular formula is C23H22N4O. The van der Waals surface area contributed by atoms with Gasteiger partial charge in [0, 0.05) is 5.69 Å². The number of nitrogens with one attached hydrogen (secondary N) is 1. The van der Waals surface area contributed by atoms with Crippen LogP contribution in [0.25, 0.3) is 16.7 Å². The van der Waals surface area contributed by atoms with Gasteiger partial charge in [-0.2, -0.15) is 5.26 Å². The predicted octanol–water partition coefficient (Wildman–Crippen LogP) is 5.45. The highest BCUT2D eigenvalue weighted by atomic mass is 16.5. The smallest absolute Gasteiger partial charge is 0.157 e. The van der Waals surface area contributed by atoms with Crippen molar-refractivity contribution in [1.29, 1.82) is 5.26 Å². The number of nitriles is 1. The minimum atomic E-state index is 0.643. The third-order valence-electron chi connectivity index (χ3n) is 4.73. The minimum absolute atomic E-state index is 0.643. The molecule has 1 N–H and O–H groups in total. The van der Waals surface area contributed by atoms with Crippen molar-refractivity contribution in [2.45, 2.75) is 26.7 Å². The maximum absolute atomic E-state index is 9.79. The van der Waals surface area contributed by atoms with Crippen LogP contribution in [0.3, 0.4) is 0 Å². The fourth-order valence-corrected chi connectivity index (χ4v) is 3.51. The molecule has 5 nitrogen and oxygen atoms in total. The summed E-state index contributed by atoms with van der Waals surface area (Å²) >= 11 is 0. The van der Waals surface area contributed by atoms with Crippen LogP contribution in [-0.4, -0.2) is 16.0 Å². The number of fused-ring (bicyclic) bond motifs is 3. The van der Waals surface area contributed by atoms with Crippen LogP contribution in [0.15, 0.2) is 54.6 Å². The number of aryl methyl sites for hydroxylation is 1. The van der Waals surface area contributed by atoms with Crippen molar-refractivity contribution in [1.82, 2.24) is 9.38 Å². The van der Waals surface area contributed by atoms with Crippen LogP contribution in [0.4, 0.5) is 11.5 Å². The van der Waals surface area contributed by atoms with Gasteiger partial charge in [-0.25, -0.2) is 4.98 Å². The minimum Gasteiger partial charge on any atom is -0.494 e. The number of aromatic nitrogens is 2. The van der Waals surface area contributed by atoms with Crippen LogP contribution in [0, 0.1) is 11.3 Å². The van der Waals surface area contributed by atoms with E-state index in [1.54, 1.807) is 0 Å². The van der Waals surface area contributed by atoms with Gasteiger partial charge in [0.15, 0.2) is 5.65 Å². The van der Waals surface area contributed by atoms with E-state index < -0.39 is 0 Å². The van der Waals surface area contributed by atoms with Gasteiger partial charge < -0.3 is 10.1 Å². The third-order valence-corrected chi connectivity index (χ3v) is 4.73. The van der Waals surface area contributed by atoms with Crippen molar-refractivity contribution in [3.05, 3.63) is 65.7 Å². The van der Waals surface area contributed by atoms with E-state index in [2.05, 4.69) is 24.4 Å². The predicted molar refractivity (Wildman–Crippen MR) is 112 cm³/mol. The number of rotatable bonds is 6. The quantitative estimate of drug-likeness (QED) is 0.490.